The maximum atomic E-state index is 12.6. The molecule has 2 heterocycles. The van der Waals surface area contributed by atoms with E-state index < -0.39 is 0 Å². The van der Waals surface area contributed by atoms with Crippen LogP contribution in [-0.4, -0.2) is 51.0 Å². The summed E-state index contributed by atoms with van der Waals surface area (Å²) in [5.74, 6) is 1.57. The van der Waals surface area contributed by atoms with E-state index in [9.17, 15) is 4.79 Å². The number of nitrogens with one attached hydrogen (secondary N) is 1. The van der Waals surface area contributed by atoms with E-state index in [4.69, 9.17) is 14.2 Å². The first-order chi connectivity index (χ1) is 11.7. The number of hydrogen-bond acceptors (Lipinski definition) is 4. The predicted molar refractivity (Wildman–Crippen MR) is 90.6 cm³/mol. The lowest BCUT2D eigenvalue weighted by Crippen LogP contribution is -2.42. The Balaban J connectivity index is 1.71. The van der Waals surface area contributed by atoms with Crippen LogP contribution in [0.4, 0.5) is 4.79 Å². The molecule has 6 nitrogen and oxygen atoms in total. The minimum Gasteiger partial charge on any atom is -0.497 e. The molecule has 0 bridgehead atoms. The molecule has 2 aliphatic rings. The van der Waals surface area contributed by atoms with E-state index >= 15 is 0 Å². The average molecular weight is 334 g/mol. The Morgan fingerprint density at radius 2 is 2.17 bits per heavy atom. The minimum absolute atomic E-state index is 0.0135. The normalized spacial score (nSPS) is 23.3. The molecule has 0 aromatic heterocycles. The smallest absolute Gasteiger partial charge is 0.318 e. The first-order valence-corrected chi connectivity index (χ1v) is 8.61. The van der Waals surface area contributed by atoms with Crippen molar-refractivity contribution in [3.8, 4) is 11.5 Å². The molecule has 1 N–H and O–H groups in total. The van der Waals surface area contributed by atoms with Gasteiger partial charge in [-0.3, -0.25) is 0 Å². The average Bonchev–Trinajstić information content (AvgIpc) is 3.30. The van der Waals surface area contributed by atoms with Gasteiger partial charge in [0.1, 0.15) is 11.5 Å². The van der Waals surface area contributed by atoms with Gasteiger partial charge in [0.05, 0.1) is 26.4 Å². The molecule has 2 saturated heterocycles. The summed E-state index contributed by atoms with van der Waals surface area (Å²) in [6.45, 7) is 2.13. The van der Waals surface area contributed by atoms with Gasteiger partial charge in [-0.2, -0.15) is 0 Å². The van der Waals surface area contributed by atoms with E-state index in [-0.39, 0.29) is 18.2 Å². The van der Waals surface area contributed by atoms with Crippen molar-refractivity contribution in [3.63, 3.8) is 0 Å². The van der Waals surface area contributed by atoms with E-state index in [1.54, 1.807) is 14.2 Å². The number of carbonyl (C=O) groups excluding carboxylic acids is 1. The second kappa shape index (κ2) is 7.75. The minimum atomic E-state index is -0.0297. The van der Waals surface area contributed by atoms with Crippen molar-refractivity contribution in [1.29, 1.82) is 0 Å². The molecule has 3 rings (SSSR count). The summed E-state index contributed by atoms with van der Waals surface area (Å²) in [6.07, 6.45) is 4.16. The highest BCUT2D eigenvalue weighted by Crippen LogP contribution is 2.38. The quantitative estimate of drug-likeness (QED) is 0.899. The molecule has 2 aliphatic heterocycles. The zero-order valence-electron chi connectivity index (χ0n) is 14.4. The van der Waals surface area contributed by atoms with Gasteiger partial charge in [-0.15, -0.1) is 0 Å². The summed E-state index contributed by atoms with van der Waals surface area (Å²) in [5.41, 5.74) is 1.00. The molecule has 6 heteroatoms. The topological polar surface area (TPSA) is 60.0 Å². The largest absolute Gasteiger partial charge is 0.497 e. The molecule has 0 radical (unpaired) electrons. The highest BCUT2D eigenvalue weighted by Gasteiger charge is 2.32. The number of hydrogen-bond donors (Lipinski definition) is 1. The van der Waals surface area contributed by atoms with Crippen molar-refractivity contribution >= 4 is 6.03 Å². The maximum Gasteiger partial charge on any atom is 0.318 e. The summed E-state index contributed by atoms with van der Waals surface area (Å²) in [7, 11) is 3.30. The number of carbonyl (C=O) groups is 1. The van der Waals surface area contributed by atoms with E-state index in [1.807, 2.05) is 23.1 Å². The van der Waals surface area contributed by atoms with E-state index in [2.05, 4.69) is 5.32 Å². The molecule has 132 valence electrons. The van der Waals surface area contributed by atoms with Crippen molar-refractivity contribution in [1.82, 2.24) is 10.2 Å². The predicted octanol–water partition coefficient (Wildman–Crippen LogP) is 2.73. The Kier molecular flexibility index (Phi) is 5.45. The summed E-state index contributed by atoms with van der Waals surface area (Å²) in [4.78, 5) is 14.5. The van der Waals surface area contributed by atoms with E-state index in [0.29, 0.717) is 6.54 Å². The zero-order chi connectivity index (χ0) is 16.9. The van der Waals surface area contributed by atoms with Gasteiger partial charge in [-0.05, 0) is 43.9 Å². The molecule has 1 aromatic carbocycles. The van der Waals surface area contributed by atoms with E-state index in [1.165, 1.54) is 0 Å². The second-order valence-electron chi connectivity index (χ2n) is 6.28. The lowest BCUT2D eigenvalue weighted by Gasteiger charge is -2.27. The molecule has 0 saturated carbocycles. The summed E-state index contributed by atoms with van der Waals surface area (Å²) < 4.78 is 16.4. The van der Waals surface area contributed by atoms with Gasteiger partial charge >= 0.3 is 6.03 Å². The number of urea groups is 1. The van der Waals surface area contributed by atoms with Gasteiger partial charge in [0, 0.05) is 25.3 Å². The molecule has 0 spiro atoms. The Morgan fingerprint density at radius 3 is 2.88 bits per heavy atom. The van der Waals surface area contributed by atoms with Crippen molar-refractivity contribution in [2.45, 2.75) is 37.8 Å². The molecule has 2 amide bonds. The Hall–Kier alpha value is -1.95. The number of rotatable bonds is 5. The third-order valence-corrected chi connectivity index (χ3v) is 4.81. The number of likely N-dealkylation sites (tertiary alicyclic amines) is 1. The van der Waals surface area contributed by atoms with Crippen LogP contribution in [-0.2, 0) is 4.74 Å². The van der Waals surface area contributed by atoms with Crippen LogP contribution in [0.25, 0.3) is 0 Å². The fraction of sp³-hybridized carbons (Fsp3) is 0.611. The maximum absolute atomic E-state index is 12.6. The van der Waals surface area contributed by atoms with E-state index in [0.717, 1.165) is 55.9 Å². The lowest BCUT2D eigenvalue weighted by atomic mass is 10.0. The fourth-order valence-electron chi connectivity index (χ4n) is 3.54. The monoisotopic (exact) mass is 334 g/mol. The van der Waals surface area contributed by atoms with Crippen molar-refractivity contribution < 1.29 is 19.0 Å². The SMILES string of the molecule is COc1ccc(OC)c([C@H]2CCCN2C(=O)NC[C@@H]2CCCO2)c1. The Labute approximate surface area is 143 Å². The Morgan fingerprint density at radius 1 is 1.29 bits per heavy atom. The number of nitrogens with zero attached hydrogens (tertiary/aromatic N) is 1. The molecule has 2 fully saturated rings. The number of methoxy groups -OCH3 is 2. The fourth-order valence-corrected chi connectivity index (χ4v) is 3.54. The van der Waals surface area contributed by atoms with Crippen LogP contribution >= 0.6 is 0 Å². The number of ether oxygens (including phenoxy) is 3. The van der Waals surface area contributed by atoms with Crippen LogP contribution in [0.1, 0.15) is 37.3 Å². The van der Waals surface area contributed by atoms with Crippen molar-refractivity contribution in [2.75, 3.05) is 33.9 Å². The number of benzene rings is 1. The molecule has 2 atom stereocenters. The highest BCUT2D eigenvalue weighted by molar-refractivity contribution is 5.75. The molecule has 1 aromatic rings. The molecule has 0 aliphatic carbocycles. The van der Waals surface area contributed by atoms with Crippen LogP contribution in [0, 0.1) is 0 Å². The van der Waals surface area contributed by atoms with Gasteiger partial charge in [-0.1, -0.05) is 0 Å². The highest BCUT2D eigenvalue weighted by atomic mass is 16.5. The zero-order valence-corrected chi connectivity index (χ0v) is 14.4. The number of amides is 2. The molecular formula is C18H26N2O4. The first-order valence-electron chi connectivity index (χ1n) is 8.61. The van der Waals surface area contributed by atoms with Crippen LogP contribution in [0.3, 0.4) is 0 Å². The summed E-state index contributed by atoms with van der Waals surface area (Å²) in [5, 5.41) is 3.02. The third kappa shape index (κ3) is 3.59. The van der Waals surface area contributed by atoms with Crippen LogP contribution in [0.2, 0.25) is 0 Å². The van der Waals surface area contributed by atoms with Crippen LogP contribution in [0.15, 0.2) is 18.2 Å². The van der Waals surface area contributed by atoms with Gasteiger partial charge < -0.3 is 24.4 Å². The van der Waals surface area contributed by atoms with Gasteiger partial charge in [0.2, 0.25) is 0 Å². The Bertz CT molecular complexity index is 572. The van der Waals surface area contributed by atoms with Gasteiger partial charge in [0.25, 0.3) is 0 Å². The van der Waals surface area contributed by atoms with Crippen LogP contribution < -0.4 is 14.8 Å². The van der Waals surface area contributed by atoms with Gasteiger partial charge in [0.15, 0.2) is 0 Å². The molecular weight excluding hydrogens is 308 g/mol. The first kappa shape index (κ1) is 16.9. The molecule has 24 heavy (non-hydrogen) atoms. The third-order valence-electron chi connectivity index (χ3n) is 4.81. The lowest BCUT2D eigenvalue weighted by molar-refractivity contribution is 0.108. The second-order valence-corrected chi connectivity index (χ2v) is 6.28. The van der Waals surface area contributed by atoms with Crippen LogP contribution in [0.5, 0.6) is 11.5 Å². The summed E-state index contributed by atoms with van der Waals surface area (Å²) in [6, 6.07) is 5.72. The molecule has 0 unspecified atom stereocenters. The van der Waals surface area contributed by atoms with Crippen molar-refractivity contribution in [3.05, 3.63) is 23.8 Å². The summed E-state index contributed by atoms with van der Waals surface area (Å²) >= 11 is 0. The standard InChI is InChI=1S/C18H26N2O4/c1-22-13-7-8-17(23-2)15(11-13)16-6-3-9-20(16)18(21)19-12-14-5-4-10-24-14/h7-8,11,14,16H,3-6,9-10,12H2,1-2H3,(H,19,21)/t14-,16+/m0/s1. The van der Waals surface area contributed by atoms with Gasteiger partial charge in [-0.25, -0.2) is 4.79 Å². The van der Waals surface area contributed by atoms with Crippen molar-refractivity contribution in [2.24, 2.45) is 0 Å².